The van der Waals surface area contributed by atoms with Crippen LogP contribution in [0, 0.1) is 0 Å². The largest absolute Gasteiger partial charge is 0.545 e. The first-order valence-electron chi connectivity index (χ1n) is 6.38. The summed E-state index contributed by atoms with van der Waals surface area (Å²) in [6.07, 6.45) is -0.488. The standard InChI is InChI=1S/C13H16ClNO5S/c1-8-6-15(7-9(2)20-8)21(18,19)12-5-10(13(16)17)3-4-11(12)14/h3-5,8-9H,6-7H2,1-2H3,(H,16,17)/p-1/t8-,9-/m0/s1. The van der Waals surface area contributed by atoms with E-state index in [0.29, 0.717) is 0 Å². The van der Waals surface area contributed by atoms with Crippen molar-refractivity contribution in [1.29, 1.82) is 0 Å². The van der Waals surface area contributed by atoms with Gasteiger partial charge in [0.25, 0.3) is 0 Å². The van der Waals surface area contributed by atoms with Crippen molar-refractivity contribution >= 4 is 27.6 Å². The molecule has 0 N–H and O–H groups in total. The number of nitrogens with zero attached hydrogens (tertiary/aromatic N) is 1. The van der Waals surface area contributed by atoms with Gasteiger partial charge in [-0.3, -0.25) is 0 Å². The Hall–Kier alpha value is -1.15. The van der Waals surface area contributed by atoms with E-state index in [0.717, 1.165) is 6.07 Å². The lowest BCUT2D eigenvalue weighted by Gasteiger charge is -2.34. The van der Waals surface area contributed by atoms with E-state index in [2.05, 4.69) is 0 Å². The molecule has 116 valence electrons. The first-order chi connectivity index (χ1) is 9.71. The SMILES string of the molecule is C[C@H]1CN(S(=O)(=O)c2cc(C(=O)[O-])ccc2Cl)C[C@H](C)O1. The lowest BCUT2D eigenvalue weighted by molar-refractivity contribution is -0.255. The maximum Gasteiger partial charge on any atom is 0.244 e. The van der Waals surface area contributed by atoms with Crippen LogP contribution in [0.2, 0.25) is 5.02 Å². The van der Waals surface area contributed by atoms with Crippen LogP contribution in [0.3, 0.4) is 0 Å². The fourth-order valence-electron chi connectivity index (χ4n) is 2.29. The Bertz CT molecular complexity index is 651. The Balaban J connectivity index is 2.44. The van der Waals surface area contributed by atoms with E-state index >= 15 is 0 Å². The predicted octanol–water partition coefficient (Wildman–Crippen LogP) is 0.501. The molecule has 1 aliphatic rings. The first kappa shape index (κ1) is 16.2. The van der Waals surface area contributed by atoms with Crippen LogP contribution in [0.4, 0.5) is 0 Å². The van der Waals surface area contributed by atoms with Crippen molar-refractivity contribution in [3.05, 3.63) is 28.8 Å². The molecule has 0 saturated carbocycles. The van der Waals surface area contributed by atoms with E-state index in [1.807, 2.05) is 0 Å². The Kier molecular flexibility index (Phi) is 4.57. The molecule has 6 nitrogen and oxygen atoms in total. The summed E-state index contributed by atoms with van der Waals surface area (Å²) in [7, 11) is -3.88. The number of rotatable bonds is 3. The minimum Gasteiger partial charge on any atom is -0.545 e. The number of hydrogen-bond acceptors (Lipinski definition) is 5. The molecule has 8 heteroatoms. The Morgan fingerprint density at radius 3 is 2.43 bits per heavy atom. The summed E-state index contributed by atoms with van der Waals surface area (Å²) >= 11 is 5.93. The summed E-state index contributed by atoms with van der Waals surface area (Å²) in [6, 6.07) is 3.48. The number of carbonyl (C=O) groups is 1. The molecule has 2 rings (SSSR count). The zero-order chi connectivity index (χ0) is 15.8. The number of ether oxygens (including phenoxy) is 1. The van der Waals surface area contributed by atoms with E-state index in [-0.39, 0.29) is 40.8 Å². The fraction of sp³-hybridized carbons (Fsp3) is 0.462. The van der Waals surface area contributed by atoms with Gasteiger partial charge in [0, 0.05) is 13.1 Å². The zero-order valence-corrected chi connectivity index (χ0v) is 13.1. The monoisotopic (exact) mass is 332 g/mol. The van der Waals surface area contributed by atoms with Crippen molar-refractivity contribution in [3.63, 3.8) is 0 Å². The zero-order valence-electron chi connectivity index (χ0n) is 11.6. The second-order valence-electron chi connectivity index (χ2n) is 5.01. The molecule has 1 saturated heterocycles. The van der Waals surface area contributed by atoms with Crippen molar-refractivity contribution in [2.45, 2.75) is 31.0 Å². The lowest BCUT2D eigenvalue weighted by Crippen LogP contribution is -2.48. The molecule has 1 aromatic carbocycles. The van der Waals surface area contributed by atoms with E-state index in [9.17, 15) is 18.3 Å². The average Bonchev–Trinajstić information content (AvgIpc) is 2.37. The molecule has 0 aromatic heterocycles. The highest BCUT2D eigenvalue weighted by atomic mass is 35.5. The van der Waals surface area contributed by atoms with Crippen molar-refractivity contribution in [1.82, 2.24) is 4.31 Å². The molecule has 2 atom stereocenters. The summed E-state index contributed by atoms with van der Waals surface area (Å²) in [5.74, 6) is -1.45. The number of benzene rings is 1. The van der Waals surface area contributed by atoms with Crippen LogP contribution in [-0.2, 0) is 14.8 Å². The Labute approximate surface area is 128 Å². The minimum atomic E-state index is -3.88. The summed E-state index contributed by atoms with van der Waals surface area (Å²) in [5.41, 5.74) is -0.229. The van der Waals surface area contributed by atoms with Crippen LogP contribution in [0.5, 0.6) is 0 Å². The molecule has 1 heterocycles. The van der Waals surface area contributed by atoms with Gasteiger partial charge < -0.3 is 14.6 Å². The third-order valence-corrected chi connectivity index (χ3v) is 5.48. The van der Waals surface area contributed by atoms with Crippen LogP contribution in [0.15, 0.2) is 23.1 Å². The number of hydrogen-bond donors (Lipinski definition) is 0. The molecular formula is C13H15ClNO5S-. The van der Waals surface area contributed by atoms with Gasteiger partial charge in [0.1, 0.15) is 4.90 Å². The molecule has 21 heavy (non-hydrogen) atoms. The topological polar surface area (TPSA) is 86.7 Å². The normalized spacial score (nSPS) is 24.0. The summed E-state index contributed by atoms with van der Waals surface area (Å²) in [4.78, 5) is 10.7. The minimum absolute atomic E-state index is 0.0215. The molecule has 1 fully saturated rings. The number of carbonyl (C=O) groups excluding carboxylic acids is 1. The van der Waals surface area contributed by atoms with Crippen molar-refractivity contribution in [2.24, 2.45) is 0 Å². The van der Waals surface area contributed by atoms with Gasteiger partial charge in [-0.05, 0) is 31.5 Å². The Morgan fingerprint density at radius 2 is 1.90 bits per heavy atom. The van der Waals surface area contributed by atoms with Crippen LogP contribution in [0.25, 0.3) is 0 Å². The van der Waals surface area contributed by atoms with Crippen LogP contribution in [0.1, 0.15) is 24.2 Å². The molecule has 0 radical (unpaired) electrons. The van der Waals surface area contributed by atoms with Gasteiger partial charge in [0.05, 0.1) is 23.2 Å². The molecule has 0 amide bonds. The van der Waals surface area contributed by atoms with E-state index < -0.39 is 16.0 Å². The van der Waals surface area contributed by atoms with Crippen molar-refractivity contribution < 1.29 is 23.1 Å². The van der Waals surface area contributed by atoms with Gasteiger partial charge in [-0.15, -0.1) is 0 Å². The second kappa shape index (κ2) is 5.92. The third-order valence-electron chi connectivity index (χ3n) is 3.17. The number of carboxylic acids is 1. The number of halogens is 1. The van der Waals surface area contributed by atoms with Crippen molar-refractivity contribution in [2.75, 3.05) is 13.1 Å². The highest BCUT2D eigenvalue weighted by Gasteiger charge is 2.33. The van der Waals surface area contributed by atoms with Gasteiger partial charge in [-0.2, -0.15) is 4.31 Å². The molecule has 0 aliphatic carbocycles. The van der Waals surface area contributed by atoms with Gasteiger partial charge in [0.2, 0.25) is 10.0 Å². The van der Waals surface area contributed by atoms with Crippen LogP contribution >= 0.6 is 11.6 Å². The number of carboxylic acid groups (broad SMARTS) is 1. The highest BCUT2D eigenvalue weighted by Crippen LogP contribution is 2.27. The molecular weight excluding hydrogens is 318 g/mol. The molecule has 0 bridgehead atoms. The highest BCUT2D eigenvalue weighted by molar-refractivity contribution is 7.89. The third kappa shape index (κ3) is 3.37. The second-order valence-corrected chi connectivity index (χ2v) is 7.33. The fourth-order valence-corrected chi connectivity index (χ4v) is 4.39. The van der Waals surface area contributed by atoms with Crippen molar-refractivity contribution in [3.8, 4) is 0 Å². The van der Waals surface area contributed by atoms with Gasteiger partial charge >= 0.3 is 0 Å². The van der Waals surface area contributed by atoms with Crippen LogP contribution in [-0.4, -0.2) is 44.0 Å². The average molecular weight is 333 g/mol. The maximum absolute atomic E-state index is 12.6. The molecule has 1 aliphatic heterocycles. The van der Waals surface area contributed by atoms with Gasteiger partial charge in [0.15, 0.2) is 0 Å². The van der Waals surface area contributed by atoms with Gasteiger partial charge in [-0.1, -0.05) is 17.7 Å². The molecule has 0 unspecified atom stereocenters. The number of morpholine rings is 1. The summed E-state index contributed by atoms with van der Waals surface area (Å²) < 4.78 is 32.0. The predicted molar refractivity (Wildman–Crippen MR) is 74.6 cm³/mol. The number of aromatic carboxylic acids is 1. The van der Waals surface area contributed by atoms with E-state index in [4.69, 9.17) is 16.3 Å². The summed E-state index contributed by atoms with van der Waals surface area (Å²) in [5, 5.41) is 10.9. The van der Waals surface area contributed by atoms with E-state index in [1.165, 1.54) is 16.4 Å². The lowest BCUT2D eigenvalue weighted by atomic mass is 10.2. The maximum atomic E-state index is 12.6. The smallest absolute Gasteiger partial charge is 0.244 e. The van der Waals surface area contributed by atoms with Gasteiger partial charge in [-0.25, -0.2) is 8.42 Å². The van der Waals surface area contributed by atoms with Crippen LogP contribution < -0.4 is 5.11 Å². The molecule has 0 spiro atoms. The quantitative estimate of drug-likeness (QED) is 0.804. The first-order valence-corrected chi connectivity index (χ1v) is 8.20. The number of sulfonamides is 1. The summed E-state index contributed by atoms with van der Waals surface area (Å²) in [6.45, 7) is 3.94. The van der Waals surface area contributed by atoms with E-state index in [1.54, 1.807) is 13.8 Å². The Morgan fingerprint density at radius 1 is 1.33 bits per heavy atom. The molecule has 1 aromatic rings.